The third kappa shape index (κ3) is 6.20. The van der Waals surface area contributed by atoms with E-state index < -0.39 is 23.8 Å². The molecule has 3 rings (SSSR count). The maximum Gasteiger partial charge on any atom is 0.275 e. The molecule has 1 aromatic carbocycles. The average molecular weight is 454 g/mol. The third-order valence-electron chi connectivity index (χ3n) is 5.18. The van der Waals surface area contributed by atoms with Crippen molar-refractivity contribution in [3.05, 3.63) is 59.0 Å². The van der Waals surface area contributed by atoms with Crippen molar-refractivity contribution < 1.29 is 28.7 Å². The topological polar surface area (TPSA) is 124 Å². The van der Waals surface area contributed by atoms with Crippen LogP contribution < -0.4 is 10.8 Å². The number of ether oxygens (including phenoxy) is 1. The summed E-state index contributed by atoms with van der Waals surface area (Å²) in [4.78, 5) is 39.7. The lowest BCUT2D eigenvalue weighted by Gasteiger charge is -2.25. The van der Waals surface area contributed by atoms with Gasteiger partial charge in [0, 0.05) is 38.3 Å². The molecule has 174 valence electrons. The number of likely N-dealkylation sites (N-methyl/N-ethyl adjacent to an activating group) is 2. The van der Waals surface area contributed by atoms with Crippen LogP contribution in [0.25, 0.3) is 0 Å². The van der Waals surface area contributed by atoms with Gasteiger partial charge in [-0.25, -0.2) is 5.48 Å². The van der Waals surface area contributed by atoms with Crippen LogP contribution in [0.3, 0.4) is 0 Å². The SMILES string of the molecule is CNC(=O)C(C(=O)NO)N(C)C(=O)c1ccc(C#Cc2coc(CN3CCOCC3)c2)cc1. The van der Waals surface area contributed by atoms with Crippen LogP contribution in [-0.4, -0.2) is 79.2 Å². The summed E-state index contributed by atoms with van der Waals surface area (Å²) in [5.41, 5.74) is 3.10. The summed E-state index contributed by atoms with van der Waals surface area (Å²) in [6.45, 7) is 3.90. The summed E-state index contributed by atoms with van der Waals surface area (Å²) in [7, 11) is 2.63. The molecule has 2 heterocycles. The summed E-state index contributed by atoms with van der Waals surface area (Å²) in [5, 5.41) is 11.2. The number of carbonyl (C=O) groups excluding carboxylic acids is 3. The first-order valence-electron chi connectivity index (χ1n) is 10.3. The van der Waals surface area contributed by atoms with Crippen molar-refractivity contribution in [2.24, 2.45) is 0 Å². The standard InChI is InChI=1S/C23H26N4O6/c1-24-21(28)20(22(29)25-31)26(2)23(30)18-7-5-16(6-8-18)3-4-17-13-19(33-15-17)14-27-9-11-32-12-10-27/h5-8,13,15,20,31H,9-12,14H2,1-2H3,(H,24,28)(H,25,29). The maximum absolute atomic E-state index is 12.7. The lowest BCUT2D eigenvalue weighted by molar-refractivity contribution is -0.140. The third-order valence-corrected chi connectivity index (χ3v) is 5.18. The quantitative estimate of drug-likeness (QED) is 0.247. The fourth-order valence-electron chi connectivity index (χ4n) is 3.34. The van der Waals surface area contributed by atoms with E-state index in [0.29, 0.717) is 12.1 Å². The number of hydroxylamine groups is 1. The van der Waals surface area contributed by atoms with Crippen molar-refractivity contribution in [1.29, 1.82) is 0 Å². The maximum atomic E-state index is 12.7. The first-order chi connectivity index (χ1) is 15.9. The minimum atomic E-state index is -1.51. The fourth-order valence-corrected chi connectivity index (χ4v) is 3.34. The molecule has 10 heteroatoms. The highest BCUT2D eigenvalue weighted by Crippen LogP contribution is 2.12. The highest BCUT2D eigenvalue weighted by Gasteiger charge is 2.33. The number of benzene rings is 1. The second kappa shape index (κ2) is 11.3. The Hall–Kier alpha value is -3.65. The monoisotopic (exact) mass is 454 g/mol. The predicted molar refractivity (Wildman–Crippen MR) is 117 cm³/mol. The van der Waals surface area contributed by atoms with Crippen molar-refractivity contribution in [2.75, 3.05) is 40.4 Å². The molecule has 0 saturated carbocycles. The molecule has 3 amide bonds. The van der Waals surface area contributed by atoms with Gasteiger partial charge in [-0.05, 0) is 30.3 Å². The predicted octanol–water partition coefficient (Wildman–Crippen LogP) is 0.204. The number of nitrogens with one attached hydrogen (secondary N) is 2. The first kappa shape index (κ1) is 24.0. The molecule has 1 atom stereocenters. The summed E-state index contributed by atoms with van der Waals surface area (Å²) in [5.74, 6) is 4.59. The van der Waals surface area contributed by atoms with E-state index in [2.05, 4.69) is 22.1 Å². The molecule has 1 saturated heterocycles. The highest BCUT2D eigenvalue weighted by molar-refractivity contribution is 6.08. The molecular formula is C23H26N4O6. The van der Waals surface area contributed by atoms with Gasteiger partial charge in [0.05, 0.1) is 25.3 Å². The molecule has 1 fully saturated rings. The second-order valence-electron chi connectivity index (χ2n) is 7.43. The van der Waals surface area contributed by atoms with E-state index in [9.17, 15) is 14.4 Å². The van der Waals surface area contributed by atoms with E-state index in [1.54, 1.807) is 30.5 Å². The van der Waals surface area contributed by atoms with E-state index in [1.165, 1.54) is 19.6 Å². The van der Waals surface area contributed by atoms with E-state index in [0.717, 1.165) is 42.5 Å². The lowest BCUT2D eigenvalue weighted by Crippen LogP contribution is -2.54. The highest BCUT2D eigenvalue weighted by atomic mass is 16.5. The van der Waals surface area contributed by atoms with Gasteiger partial charge in [0.15, 0.2) is 6.04 Å². The van der Waals surface area contributed by atoms with Crippen LogP contribution in [0, 0.1) is 11.8 Å². The number of hydrogen-bond donors (Lipinski definition) is 3. The number of hydrogen-bond acceptors (Lipinski definition) is 7. The zero-order valence-electron chi connectivity index (χ0n) is 18.5. The normalized spacial score (nSPS) is 14.5. The Balaban J connectivity index is 1.65. The smallest absolute Gasteiger partial charge is 0.275 e. The molecule has 1 aliphatic rings. The lowest BCUT2D eigenvalue weighted by atomic mass is 10.1. The van der Waals surface area contributed by atoms with Gasteiger partial charge in [-0.15, -0.1) is 0 Å². The molecule has 0 spiro atoms. The Labute approximate surface area is 191 Å². The summed E-state index contributed by atoms with van der Waals surface area (Å²) >= 11 is 0. The Morgan fingerprint density at radius 1 is 1.12 bits per heavy atom. The average Bonchev–Trinajstić information content (AvgIpc) is 3.30. The van der Waals surface area contributed by atoms with E-state index in [-0.39, 0.29) is 5.56 Å². The van der Waals surface area contributed by atoms with Crippen LogP contribution in [0.4, 0.5) is 0 Å². The molecule has 33 heavy (non-hydrogen) atoms. The zero-order chi connectivity index (χ0) is 23.8. The summed E-state index contributed by atoms with van der Waals surface area (Å²) < 4.78 is 10.9. The molecule has 0 radical (unpaired) electrons. The van der Waals surface area contributed by atoms with Crippen LogP contribution >= 0.6 is 0 Å². The van der Waals surface area contributed by atoms with Crippen LogP contribution in [-0.2, 0) is 20.9 Å². The minimum absolute atomic E-state index is 0.263. The van der Waals surface area contributed by atoms with Gasteiger partial charge in [0.25, 0.3) is 17.7 Å². The van der Waals surface area contributed by atoms with Crippen LogP contribution in [0.2, 0.25) is 0 Å². The van der Waals surface area contributed by atoms with Crippen LogP contribution in [0.5, 0.6) is 0 Å². The van der Waals surface area contributed by atoms with Crippen molar-refractivity contribution in [3.8, 4) is 11.8 Å². The zero-order valence-corrected chi connectivity index (χ0v) is 18.5. The van der Waals surface area contributed by atoms with Crippen LogP contribution in [0.1, 0.15) is 27.2 Å². The number of furan rings is 1. The number of carbonyl (C=O) groups is 3. The second-order valence-corrected chi connectivity index (χ2v) is 7.43. The van der Waals surface area contributed by atoms with E-state index >= 15 is 0 Å². The largest absolute Gasteiger partial charge is 0.467 e. The Morgan fingerprint density at radius 3 is 2.42 bits per heavy atom. The van der Waals surface area contributed by atoms with Gasteiger partial charge in [-0.1, -0.05) is 11.8 Å². The summed E-state index contributed by atoms with van der Waals surface area (Å²) in [6, 6.07) is 6.84. The molecule has 1 aliphatic heterocycles. The van der Waals surface area contributed by atoms with Gasteiger partial charge in [-0.3, -0.25) is 24.5 Å². The van der Waals surface area contributed by atoms with Crippen molar-refractivity contribution >= 4 is 17.7 Å². The van der Waals surface area contributed by atoms with Crippen molar-refractivity contribution in [1.82, 2.24) is 20.6 Å². The first-order valence-corrected chi connectivity index (χ1v) is 10.3. The fraction of sp³-hybridized carbons (Fsp3) is 0.348. The van der Waals surface area contributed by atoms with Gasteiger partial charge >= 0.3 is 0 Å². The minimum Gasteiger partial charge on any atom is -0.467 e. The number of amides is 3. The molecule has 2 aromatic rings. The Kier molecular flexibility index (Phi) is 8.21. The number of morpholine rings is 1. The van der Waals surface area contributed by atoms with Gasteiger partial charge in [0.2, 0.25) is 0 Å². The molecule has 3 N–H and O–H groups in total. The van der Waals surface area contributed by atoms with E-state index in [1.807, 2.05) is 6.07 Å². The Bertz CT molecular complexity index is 1030. The van der Waals surface area contributed by atoms with Gasteiger partial charge < -0.3 is 19.4 Å². The van der Waals surface area contributed by atoms with Crippen LogP contribution in [0.15, 0.2) is 41.0 Å². The number of nitrogens with zero attached hydrogens (tertiary/aromatic N) is 2. The van der Waals surface area contributed by atoms with Gasteiger partial charge in [0.1, 0.15) is 12.0 Å². The summed E-state index contributed by atoms with van der Waals surface area (Å²) in [6.07, 6.45) is 1.61. The van der Waals surface area contributed by atoms with Crippen molar-refractivity contribution in [2.45, 2.75) is 12.6 Å². The van der Waals surface area contributed by atoms with E-state index in [4.69, 9.17) is 14.4 Å². The Morgan fingerprint density at radius 2 is 1.79 bits per heavy atom. The van der Waals surface area contributed by atoms with Crippen molar-refractivity contribution in [3.63, 3.8) is 0 Å². The molecule has 1 aromatic heterocycles. The molecule has 0 bridgehead atoms. The molecular weight excluding hydrogens is 428 g/mol. The van der Waals surface area contributed by atoms with Gasteiger partial charge in [-0.2, -0.15) is 0 Å². The number of rotatable bonds is 6. The molecule has 10 nitrogen and oxygen atoms in total. The molecule has 1 unspecified atom stereocenters. The molecule has 0 aliphatic carbocycles.